The highest BCUT2D eigenvalue weighted by Gasteiger charge is 2.13. The van der Waals surface area contributed by atoms with Crippen molar-refractivity contribution in [3.8, 4) is 11.5 Å². The molecule has 1 aromatic carbocycles. The van der Waals surface area contributed by atoms with Crippen molar-refractivity contribution in [1.82, 2.24) is 0 Å². The maximum atomic E-state index is 9.31. The standard InChI is InChI=1S/C12H19NO2/c1-8(2)6-11(13)10-5-4-9(14)7-12(10)15-3/h4-5,7-8,11,14H,6,13H2,1-3H3/t11-/m1/s1. The summed E-state index contributed by atoms with van der Waals surface area (Å²) in [6.45, 7) is 4.26. The van der Waals surface area contributed by atoms with Crippen LogP contribution < -0.4 is 10.5 Å². The molecule has 0 spiro atoms. The Morgan fingerprint density at radius 3 is 2.60 bits per heavy atom. The molecule has 0 amide bonds. The topological polar surface area (TPSA) is 55.5 Å². The van der Waals surface area contributed by atoms with Gasteiger partial charge in [-0.15, -0.1) is 0 Å². The van der Waals surface area contributed by atoms with Gasteiger partial charge in [-0.2, -0.15) is 0 Å². The first-order chi connectivity index (χ1) is 7.04. The number of aromatic hydroxyl groups is 1. The summed E-state index contributed by atoms with van der Waals surface area (Å²) in [6, 6.07) is 5.01. The number of phenols is 1. The molecule has 0 saturated heterocycles. The third kappa shape index (κ3) is 3.13. The normalized spacial score (nSPS) is 12.9. The molecule has 3 N–H and O–H groups in total. The maximum Gasteiger partial charge on any atom is 0.127 e. The Balaban J connectivity index is 2.92. The van der Waals surface area contributed by atoms with E-state index >= 15 is 0 Å². The second-order valence-electron chi connectivity index (χ2n) is 4.16. The van der Waals surface area contributed by atoms with E-state index < -0.39 is 0 Å². The second-order valence-corrected chi connectivity index (χ2v) is 4.16. The van der Waals surface area contributed by atoms with Gasteiger partial charge in [-0.3, -0.25) is 0 Å². The van der Waals surface area contributed by atoms with Gasteiger partial charge in [0.05, 0.1) is 7.11 Å². The van der Waals surface area contributed by atoms with Crippen molar-refractivity contribution in [2.75, 3.05) is 7.11 Å². The van der Waals surface area contributed by atoms with E-state index in [2.05, 4.69) is 13.8 Å². The van der Waals surface area contributed by atoms with E-state index in [4.69, 9.17) is 10.5 Å². The van der Waals surface area contributed by atoms with Gasteiger partial charge in [-0.05, 0) is 18.4 Å². The molecule has 3 heteroatoms. The van der Waals surface area contributed by atoms with Crippen molar-refractivity contribution >= 4 is 0 Å². The van der Waals surface area contributed by atoms with Crippen LogP contribution in [0.1, 0.15) is 31.9 Å². The van der Waals surface area contributed by atoms with Gasteiger partial charge in [0, 0.05) is 17.7 Å². The van der Waals surface area contributed by atoms with Crippen LogP contribution in [0.15, 0.2) is 18.2 Å². The molecule has 1 aromatic rings. The summed E-state index contributed by atoms with van der Waals surface area (Å²) in [6.07, 6.45) is 0.904. The lowest BCUT2D eigenvalue weighted by Gasteiger charge is -2.17. The molecule has 0 fully saturated rings. The minimum absolute atomic E-state index is 0.0412. The van der Waals surface area contributed by atoms with Crippen LogP contribution in [0.25, 0.3) is 0 Å². The van der Waals surface area contributed by atoms with Gasteiger partial charge in [0.15, 0.2) is 0 Å². The summed E-state index contributed by atoms with van der Waals surface area (Å²) in [5.74, 6) is 1.40. The average Bonchev–Trinajstić information content (AvgIpc) is 2.16. The molecule has 3 nitrogen and oxygen atoms in total. The number of hydrogen-bond donors (Lipinski definition) is 2. The van der Waals surface area contributed by atoms with Gasteiger partial charge in [0.2, 0.25) is 0 Å². The lowest BCUT2D eigenvalue weighted by molar-refractivity contribution is 0.393. The molecule has 84 valence electrons. The van der Waals surface area contributed by atoms with Gasteiger partial charge in [0.25, 0.3) is 0 Å². The first-order valence-electron chi connectivity index (χ1n) is 5.17. The second kappa shape index (κ2) is 5.03. The van der Waals surface area contributed by atoms with E-state index in [1.807, 2.05) is 6.07 Å². The highest BCUT2D eigenvalue weighted by molar-refractivity contribution is 5.41. The molecule has 0 saturated carbocycles. The van der Waals surface area contributed by atoms with Gasteiger partial charge >= 0.3 is 0 Å². The molecule has 15 heavy (non-hydrogen) atoms. The minimum atomic E-state index is -0.0412. The lowest BCUT2D eigenvalue weighted by atomic mass is 9.97. The van der Waals surface area contributed by atoms with Crippen LogP contribution in [0.5, 0.6) is 11.5 Å². The number of hydrogen-bond acceptors (Lipinski definition) is 3. The predicted octanol–water partition coefficient (Wildman–Crippen LogP) is 2.45. The molecule has 0 bridgehead atoms. The van der Waals surface area contributed by atoms with Crippen molar-refractivity contribution < 1.29 is 9.84 Å². The summed E-state index contributed by atoms with van der Waals surface area (Å²) in [4.78, 5) is 0. The van der Waals surface area contributed by atoms with Crippen molar-refractivity contribution in [3.63, 3.8) is 0 Å². The zero-order chi connectivity index (χ0) is 11.4. The van der Waals surface area contributed by atoms with Crippen molar-refractivity contribution in [3.05, 3.63) is 23.8 Å². The fourth-order valence-electron chi connectivity index (χ4n) is 1.64. The third-order valence-electron chi connectivity index (χ3n) is 2.34. The molecular formula is C12H19NO2. The van der Waals surface area contributed by atoms with Crippen molar-refractivity contribution in [2.24, 2.45) is 11.7 Å². The number of methoxy groups -OCH3 is 1. The molecule has 0 aliphatic carbocycles. The highest BCUT2D eigenvalue weighted by atomic mass is 16.5. The van der Waals surface area contributed by atoms with Crippen LogP contribution in [0.4, 0.5) is 0 Å². The first-order valence-corrected chi connectivity index (χ1v) is 5.17. The largest absolute Gasteiger partial charge is 0.508 e. The van der Waals surface area contributed by atoms with Gasteiger partial charge in [-0.1, -0.05) is 19.9 Å². The summed E-state index contributed by atoms with van der Waals surface area (Å²) in [5.41, 5.74) is 7.01. The summed E-state index contributed by atoms with van der Waals surface area (Å²) in [5, 5.41) is 9.31. The predicted molar refractivity (Wildman–Crippen MR) is 61.0 cm³/mol. The van der Waals surface area contributed by atoms with E-state index in [-0.39, 0.29) is 11.8 Å². The Morgan fingerprint density at radius 1 is 1.40 bits per heavy atom. The van der Waals surface area contributed by atoms with E-state index in [0.717, 1.165) is 12.0 Å². The van der Waals surface area contributed by atoms with Crippen molar-refractivity contribution in [1.29, 1.82) is 0 Å². The Labute approximate surface area is 90.9 Å². The molecule has 0 radical (unpaired) electrons. The Hall–Kier alpha value is -1.22. The van der Waals surface area contributed by atoms with E-state index in [0.29, 0.717) is 11.7 Å². The Morgan fingerprint density at radius 2 is 2.07 bits per heavy atom. The zero-order valence-electron chi connectivity index (χ0n) is 9.53. The van der Waals surface area contributed by atoms with E-state index in [1.165, 1.54) is 0 Å². The van der Waals surface area contributed by atoms with Crippen LogP contribution in [0, 0.1) is 5.92 Å². The highest BCUT2D eigenvalue weighted by Crippen LogP contribution is 2.30. The van der Waals surface area contributed by atoms with E-state index in [1.54, 1.807) is 19.2 Å². The molecule has 0 aliphatic rings. The SMILES string of the molecule is COc1cc(O)ccc1[C@H](N)CC(C)C. The smallest absolute Gasteiger partial charge is 0.127 e. The molecular weight excluding hydrogens is 190 g/mol. The Bertz CT molecular complexity index is 323. The number of rotatable bonds is 4. The van der Waals surface area contributed by atoms with Crippen LogP contribution in [0.3, 0.4) is 0 Å². The van der Waals surface area contributed by atoms with E-state index in [9.17, 15) is 5.11 Å². The van der Waals surface area contributed by atoms with Crippen LogP contribution in [0.2, 0.25) is 0 Å². The molecule has 0 heterocycles. The van der Waals surface area contributed by atoms with Gasteiger partial charge < -0.3 is 15.6 Å². The summed E-state index contributed by atoms with van der Waals surface area (Å²) >= 11 is 0. The number of benzene rings is 1. The fraction of sp³-hybridized carbons (Fsp3) is 0.500. The molecule has 1 rings (SSSR count). The molecule has 0 unspecified atom stereocenters. The molecule has 0 aliphatic heterocycles. The van der Waals surface area contributed by atoms with Gasteiger partial charge in [-0.25, -0.2) is 0 Å². The Kier molecular flexibility index (Phi) is 3.97. The summed E-state index contributed by atoms with van der Waals surface area (Å²) in [7, 11) is 1.58. The molecule has 1 atom stereocenters. The third-order valence-corrected chi connectivity index (χ3v) is 2.34. The fourth-order valence-corrected chi connectivity index (χ4v) is 1.64. The average molecular weight is 209 g/mol. The molecule has 0 aromatic heterocycles. The lowest BCUT2D eigenvalue weighted by Crippen LogP contribution is -2.13. The number of phenolic OH excluding ortho intramolecular Hbond substituents is 1. The van der Waals surface area contributed by atoms with Crippen LogP contribution in [-0.4, -0.2) is 12.2 Å². The zero-order valence-corrected chi connectivity index (χ0v) is 9.53. The van der Waals surface area contributed by atoms with Crippen LogP contribution >= 0.6 is 0 Å². The van der Waals surface area contributed by atoms with Crippen molar-refractivity contribution in [2.45, 2.75) is 26.3 Å². The first kappa shape index (κ1) is 11.9. The van der Waals surface area contributed by atoms with Crippen LogP contribution in [-0.2, 0) is 0 Å². The van der Waals surface area contributed by atoms with Gasteiger partial charge in [0.1, 0.15) is 11.5 Å². The monoisotopic (exact) mass is 209 g/mol. The number of nitrogens with two attached hydrogens (primary N) is 1. The number of ether oxygens (including phenoxy) is 1. The minimum Gasteiger partial charge on any atom is -0.508 e. The summed E-state index contributed by atoms with van der Waals surface area (Å²) < 4.78 is 5.19. The maximum absolute atomic E-state index is 9.31. The quantitative estimate of drug-likeness (QED) is 0.800.